The number of aryl methyl sites for hydroxylation is 2. The lowest BCUT2D eigenvalue weighted by Gasteiger charge is -2.13. The predicted octanol–water partition coefficient (Wildman–Crippen LogP) is 4.31. The quantitative estimate of drug-likeness (QED) is 0.300. The van der Waals surface area contributed by atoms with Gasteiger partial charge in [-0.2, -0.15) is 0 Å². The highest BCUT2D eigenvalue weighted by atomic mass is 32.2. The van der Waals surface area contributed by atoms with Gasteiger partial charge in [0.05, 0.1) is 11.1 Å². The molecule has 1 N–H and O–H groups in total. The second kappa shape index (κ2) is 9.74. The van der Waals surface area contributed by atoms with Crippen molar-refractivity contribution in [1.82, 2.24) is 14.9 Å². The molecule has 1 atom stereocenters. The van der Waals surface area contributed by atoms with Crippen molar-refractivity contribution in [1.29, 1.82) is 0 Å². The summed E-state index contributed by atoms with van der Waals surface area (Å²) in [5.74, 6) is 0.237. The standard InChI is InChI=1S/C21H29N3O2S2/c1-4-9-14(3)22-17(25)13-27-21-23-19-18(20(26)24(21)12-5-2)15-10-7-6-8-11-16(15)28-19/h5,14H,2,4,6-13H2,1,3H3,(H,22,25)/t14-/m0/s1. The fourth-order valence-corrected chi connectivity index (χ4v) is 5.87. The zero-order valence-corrected chi connectivity index (χ0v) is 18.4. The van der Waals surface area contributed by atoms with Crippen LogP contribution in [-0.2, 0) is 24.2 Å². The second-order valence-corrected chi connectivity index (χ2v) is 9.42. The number of aromatic nitrogens is 2. The molecule has 0 unspecified atom stereocenters. The molecule has 2 aromatic heterocycles. The van der Waals surface area contributed by atoms with E-state index in [-0.39, 0.29) is 23.3 Å². The SMILES string of the molecule is C=CCn1c(SCC(=O)N[C@@H](C)CCC)nc2sc3c(c2c1=O)CCCCC3. The Balaban J connectivity index is 1.89. The number of hydrogen-bond donors (Lipinski definition) is 1. The van der Waals surface area contributed by atoms with Crippen LogP contribution in [0, 0.1) is 0 Å². The van der Waals surface area contributed by atoms with Gasteiger partial charge < -0.3 is 5.32 Å². The van der Waals surface area contributed by atoms with E-state index < -0.39 is 0 Å². The molecule has 3 rings (SSSR count). The number of nitrogens with one attached hydrogen (secondary N) is 1. The Morgan fingerprint density at radius 1 is 1.39 bits per heavy atom. The van der Waals surface area contributed by atoms with Gasteiger partial charge in [0.2, 0.25) is 5.91 Å². The maximum atomic E-state index is 13.3. The fourth-order valence-electron chi connectivity index (χ4n) is 3.75. The fraction of sp³-hybridized carbons (Fsp3) is 0.571. The summed E-state index contributed by atoms with van der Waals surface area (Å²) < 4.78 is 1.67. The topological polar surface area (TPSA) is 64.0 Å². The number of carbonyl (C=O) groups excluding carboxylic acids is 1. The van der Waals surface area contributed by atoms with Gasteiger partial charge in [-0.15, -0.1) is 17.9 Å². The van der Waals surface area contributed by atoms with Gasteiger partial charge in [0, 0.05) is 17.5 Å². The van der Waals surface area contributed by atoms with E-state index in [4.69, 9.17) is 4.98 Å². The Bertz CT molecular complexity index is 916. The maximum absolute atomic E-state index is 13.3. The van der Waals surface area contributed by atoms with Gasteiger partial charge in [-0.3, -0.25) is 14.2 Å². The highest BCUT2D eigenvalue weighted by molar-refractivity contribution is 7.99. The molecule has 0 aliphatic heterocycles. The highest BCUT2D eigenvalue weighted by Crippen LogP contribution is 2.34. The number of rotatable bonds is 8. The third-order valence-electron chi connectivity index (χ3n) is 5.06. The molecule has 2 heterocycles. The molecule has 0 saturated carbocycles. The average molecular weight is 420 g/mol. The number of thiophene rings is 1. The minimum Gasteiger partial charge on any atom is -0.353 e. The molecule has 1 amide bonds. The second-order valence-electron chi connectivity index (χ2n) is 7.39. The molecule has 0 spiro atoms. The normalized spacial score (nSPS) is 15.1. The predicted molar refractivity (Wildman–Crippen MR) is 119 cm³/mol. The molecule has 0 aromatic carbocycles. The average Bonchev–Trinajstić information content (AvgIpc) is 2.84. The maximum Gasteiger partial charge on any atom is 0.263 e. The summed E-state index contributed by atoms with van der Waals surface area (Å²) in [6, 6.07) is 0.164. The van der Waals surface area contributed by atoms with Crippen molar-refractivity contribution >= 4 is 39.2 Å². The van der Waals surface area contributed by atoms with Gasteiger partial charge in [0.25, 0.3) is 5.56 Å². The van der Waals surface area contributed by atoms with E-state index in [1.54, 1.807) is 22.0 Å². The summed E-state index contributed by atoms with van der Waals surface area (Å²) in [4.78, 5) is 32.4. The summed E-state index contributed by atoms with van der Waals surface area (Å²) in [5.41, 5.74) is 1.21. The van der Waals surface area contributed by atoms with E-state index in [1.807, 2.05) is 6.92 Å². The summed E-state index contributed by atoms with van der Waals surface area (Å²) >= 11 is 2.99. The van der Waals surface area contributed by atoms with E-state index in [0.717, 1.165) is 42.3 Å². The summed E-state index contributed by atoms with van der Waals surface area (Å²) in [6.45, 7) is 8.32. The van der Waals surface area contributed by atoms with E-state index >= 15 is 0 Å². The van der Waals surface area contributed by atoms with Gasteiger partial charge >= 0.3 is 0 Å². The van der Waals surface area contributed by atoms with Crippen molar-refractivity contribution in [3.05, 3.63) is 33.4 Å². The van der Waals surface area contributed by atoms with Gasteiger partial charge in [-0.25, -0.2) is 4.98 Å². The van der Waals surface area contributed by atoms with Crippen molar-refractivity contribution in [2.45, 2.75) is 76.5 Å². The molecule has 0 radical (unpaired) electrons. The monoisotopic (exact) mass is 419 g/mol. The number of nitrogens with zero attached hydrogens (tertiary/aromatic N) is 2. The first kappa shape index (κ1) is 21.1. The Morgan fingerprint density at radius 2 is 2.18 bits per heavy atom. The number of allylic oxidation sites excluding steroid dienone is 1. The molecular weight excluding hydrogens is 390 g/mol. The molecule has 1 aliphatic rings. The Hall–Kier alpha value is -1.60. The first-order valence-electron chi connectivity index (χ1n) is 10.1. The Morgan fingerprint density at radius 3 is 2.93 bits per heavy atom. The third-order valence-corrected chi connectivity index (χ3v) is 7.23. The number of hydrogen-bond acceptors (Lipinski definition) is 5. The zero-order valence-electron chi connectivity index (χ0n) is 16.8. The molecule has 0 fully saturated rings. The Labute approximate surface area is 174 Å². The summed E-state index contributed by atoms with van der Waals surface area (Å²) in [5, 5.41) is 4.40. The van der Waals surface area contributed by atoms with Crippen molar-refractivity contribution in [3.63, 3.8) is 0 Å². The van der Waals surface area contributed by atoms with Crippen molar-refractivity contribution < 1.29 is 4.79 Å². The lowest BCUT2D eigenvalue weighted by atomic mass is 10.1. The van der Waals surface area contributed by atoms with Crippen LogP contribution in [0.3, 0.4) is 0 Å². The lowest BCUT2D eigenvalue weighted by molar-refractivity contribution is -0.119. The lowest BCUT2D eigenvalue weighted by Crippen LogP contribution is -2.34. The molecule has 0 bridgehead atoms. The van der Waals surface area contributed by atoms with Crippen LogP contribution in [-0.4, -0.2) is 27.3 Å². The first-order chi connectivity index (χ1) is 13.5. The number of thioether (sulfide) groups is 1. The minimum atomic E-state index is -0.0209. The zero-order chi connectivity index (χ0) is 20.1. The van der Waals surface area contributed by atoms with Crippen molar-refractivity contribution in [2.75, 3.05) is 5.75 Å². The summed E-state index contributed by atoms with van der Waals surface area (Å²) in [7, 11) is 0. The first-order valence-corrected chi connectivity index (χ1v) is 11.9. The smallest absolute Gasteiger partial charge is 0.263 e. The molecule has 2 aromatic rings. The molecule has 0 saturated heterocycles. The number of amides is 1. The van der Waals surface area contributed by atoms with Crippen LogP contribution in [0.15, 0.2) is 22.6 Å². The molecule has 5 nitrogen and oxygen atoms in total. The van der Waals surface area contributed by atoms with Crippen LogP contribution >= 0.6 is 23.1 Å². The van der Waals surface area contributed by atoms with Gasteiger partial charge in [0.15, 0.2) is 5.16 Å². The van der Waals surface area contributed by atoms with Crippen LogP contribution in [0.4, 0.5) is 0 Å². The third kappa shape index (κ3) is 4.69. The van der Waals surface area contributed by atoms with Crippen LogP contribution in [0.25, 0.3) is 10.2 Å². The van der Waals surface area contributed by atoms with Crippen LogP contribution in [0.1, 0.15) is 56.4 Å². The number of carbonyl (C=O) groups is 1. The van der Waals surface area contributed by atoms with Gasteiger partial charge in [-0.05, 0) is 44.6 Å². The largest absolute Gasteiger partial charge is 0.353 e. The molecule has 7 heteroatoms. The molecule has 1 aliphatic carbocycles. The van der Waals surface area contributed by atoms with Crippen LogP contribution in [0.5, 0.6) is 0 Å². The van der Waals surface area contributed by atoms with E-state index in [9.17, 15) is 9.59 Å². The van der Waals surface area contributed by atoms with Crippen LogP contribution in [0.2, 0.25) is 0 Å². The van der Waals surface area contributed by atoms with Crippen molar-refractivity contribution in [2.24, 2.45) is 0 Å². The molecule has 28 heavy (non-hydrogen) atoms. The van der Waals surface area contributed by atoms with E-state index in [1.165, 1.54) is 35.0 Å². The highest BCUT2D eigenvalue weighted by Gasteiger charge is 2.21. The van der Waals surface area contributed by atoms with Crippen LogP contribution < -0.4 is 10.9 Å². The molecular formula is C21H29N3O2S2. The van der Waals surface area contributed by atoms with E-state index in [0.29, 0.717) is 11.7 Å². The molecule has 152 valence electrons. The minimum absolute atomic E-state index is 0.00607. The number of fused-ring (bicyclic) bond motifs is 3. The van der Waals surface area contributed by atoms with E-state index in [2.05, 4.69) is 18.8 Å². The Kier molecular flexibility index (Phi) is 7.35. The van der Waals surface area contributed by atoms with Gasteiger partial charge in [0.1, 0.15) is 4.83 Å². The summed E-state index contributed by atoms with van der Waals surface area (Å²) in [6.07, 6.45) is 9.24. The van der Waals surface area contributed by atoms with Crippen molar-refractivity contribution in [3.8, 4) is 0 Å². The van der Waals surface area contributed by atoms with Gasteiger partial charge in [-0.1, -0.05) is 37.6 Å².